The molecule has 0 aromatic rings. The van der Waals surface area contributed by atoms with Gasteiger partial charge in [0.2, 0.25) is 0 Å². The normalized spacial score (nSPS) is 41.9. The number of aliphatic hydroxyl groups is 2. The first-order chi connectivity index (χ1) is 11.5. The first-order valence-electron chi connectivity index (χ1n) is 9.69. The Labute approximate surface area is 145 Å². The monoisotopic (exact) mass is 336 g/mol. The van der Waals surface area contributed by atoms with Gasteiger partial charge in [0.15, 0.2) is 5.78 Å². The number of carbonyl (C=O) groups is 1. The predicted octanol–water partition coefficient (Wildman–Crippen LogP) is 2.87. The molecule has 3 rings (SSSR count). The lowest BCUT2D eigenvalue weighted by Crippen LogP contribution is -2.69. The van der Waals surface area contributed by atoms with Crippen LogP contribution in [0.25, 0.3) is 0 Å². The van der Waals surface area contributed by atoms with Crippen LogP contribution in [0.3, 0.4) is 0 Å². The quantitative estimate of drug-likeness (QED) is 0.758. The van der Waals surface area contributed by atoms with Crippen molar-refractivity contribution in [1.82, 2.24) is 0 Å². The molecule has 3 fully saturated rings. The smallest absolute Gasteiger partial charge is 0.168 e. The van der Waals surface area contributed by atoms with Gasteiger partial charge in [-0.05, 0) is 38.0 Å². The van der Waals surface area contributed by atoms with Gasteiger partial charge in [-0.1, -0.05) is 38.3 Å². The summed E-state index contributed by atoms with van der Waals surface area (Å²) in [7, 11) is 1.62. The zero-order chi connectivity index (χ0) is 17.3. The third-order valence-electron chi connectivity index (χ3n) is 6.86. The van der Waals surface area contributed by atoms with E-state index in [-0.39, 0.29) is 23.5 Å². The Balaban J connectivity index is 1.74. The number of carbonyl (C=O) groups excluding carboxylic acids is 1. The number of aliphatic hydroxyl groups excluding tert-OH is 2. The molecular formula is C20H32O4. The van der Waals surface area contributed by atoms with Crippen LogP contribution in [0.4, 0.5) is 0 Å². The van der Waals surface area contributed by atoms with Gasteiger partial charge in [-0.3, -0.25) is 4.79 Å². The van der Waals surface area contributed by atoms with Crippen LogP contribution in [-0.2, 0) is 9.53 Å². The summed E-state index contributed by atoms with van der Waals surface area (Å²) >= 11 is 0. The molecule has 24 heavy (non-hydrogen) atoms. The van der Waals surface area contributed by atoms with E-state index < -0.39 is 17.8 Å². The lowest BCUT2D eigenvalue weighted by molar-refractivity contribution is -0.208. The van der Waals surface area contributed by atoms with Gasteiger partial charge in [0.05, 0.1) is 12.2 Å². The average Bonchev–Trinajstić information content (AvgIpc) is 2.62. The minimum absolute atomic E-state index is 0.0265. The van der Waals surface area contributed by atoms with Crippen LogP contribution in [0.15, 0.2) is 12.2 Å². The summed E-state index contributed by atoms with van der Waals surface area (Å²) in [5, 5.41) is 21.0. The standard InChI is InChI=1S/C20H32O4/c1-3-14-18-15(9-10-16(21)13-7-5-4-6-8-13)17(22)11-12-20(18,24-2)19(14)23/h9-10,13-18,21-22H,3-8,11-12H2,1-2H3/t14?,15-,16+,17+,18+,20+/m1/s1. The van der Waals surface area contributed by atoms with Gasteiger partial charge in [0.25, 0.3) is 0 Å². The summed E-state index contributed by atoms with van der Waals surface area (Å²) in [4.78, 5) is 12.5. The number of methoxy groups -OCH3 is 1. The lowest BCUT2D eigenvalue weighted by atomic mass is 9.49. The number of rotatable bonds is 5. The highest BCUT2D eigenvalue weighted by molar-refractivity contribution is 5.97. The molecule has 2 N–H and O–H groups in total. The summed E-state index contributed by atoms with van der Waals surface area (Å²) in [6, 6.07) is 0. The highest BCUT2D eigenvalue weighted by atomic mass is 16.5. The fourth-order valence-corrected chi connectivity index (χ4v) is 5.43. The maximum Gasteiger partial charge on any atom is 0.168 e. The Morgan fingerprint density at radius 1 is 1.29 bits per heavy atom. The third-order valence-corrected chi connectivity index (χ3v) is 6.86. The molecule has 6 atom stereocenters. The maximum absolute atomic E-state index is 12.5. The van der Waals surface area contributed by atoms with E-state index >= 15 is 0 Å². The van der Waals surface area contributed by atoms with Gasteiger partial charge in [-0.15, -0.1) is 0 Å². The van der Waals surface area contributed by atoms with Crippen molar-refractivity contribution < 1.29 is 19.7 Å². The Hall–Kier alpha value is -0.710. The first-order valence-corrected chi connectivity index (χ1v) is 9.69. The van der Waals surface area contributed by atoms with E-state index in [0.717, 1.165) is 19.3 Å². The van der Waals surface area contributed by atoms with E-state index in [4.69, 9.17) is 4.74 Å². The Morgan fingerprint density at radius 3 is 2.62 bits per heavy atom. The van der Waals surface area contributed by atoms with Crippen LogP contribution in [-0.4, -0.2) is 40.9 Å². The van der Waals surface area contributed by atoms with Gasteiger partial charge in [0, 0.05) is 24.9 Å². The van der Waals surface area contributed by atoms with E-state index in [0.29, 0.717) is 18.8 Å². The first kappa shape index (κ1) is 18.1. The van der Waals surface area contributed by atoms with Crippen LogP contribution in [0.5, 0.6) is 0 Å². The minimum Gasteiger partial charge on any atom is -0.393 e. The van der Waals surface area contributed by atoms with Gasteiger partial charge in [-0.2, -0.15) is 0 Å². The van der Waals surface area contributed by atoms with E-state index in [1.165, 1.54) is 19.3 Å². The van der Waals surface area contributed by atoms with Crippen molar-refractivity contribution >= 4 is 5.78 Å². The molecule has 3 aliphatic rings. The molecule has 1 unspecified atom stereocenters. The number of hydrogen-bond acceptors (Lipinski definition) is 4. The SMILES string of the molecule is CCC1C(=O)[C@]2(OC)CC[C@H](O)[C@@H](C=C[C@H](O)C3CCCCC3)[C@H]12. The number of Topliss-reactive ketones (excluding diaryl/α,β-unsaturated/α-hetero) is 1. The second-order valence-corrected chi connectivity index (χ2v) is 7.96. The summed E-state index contributed by atoms with van der Waals surface area (Å²) in [6.07, 6.45) is 10.8. The van der Waals surface area contributed by atoms with Crippen molar-refractivity contribution in [3.63, 3.8) is 0 Å². The molecule has 0 heterocycles. The summed E-state index contributed by atoms with van der Waals surface area (Å²) < 4.78 is 5.67. The Kier molecular flexibility index (Phi) is 5.48. The number of ketones is 1. The second kappa shape index (κ2) is 7.27. The van der Waals surface area contributed by atoms with E-state index in [2.05, 4.69) is 0 Å². The van der Waals surface area contributed by atoms with Crippen molar-refractivity contribution in [2.24, 2.45) is 23.7 Å². The zero-order valence-corrected chi connectivity index (χ0v) is 15.0. The number of hydrogen-bond donors (Lipinski definition) is 2. The van der Waals surface area contributed by atoms with Gasteiger partial charge >= 0.3 is 0 Å². The molecule has 3 saturated carbocycles. The van der Waals surface area contributed by atoms with Crippen molar-refractivity contribution in [2.75, 3.05) is 7.11 Å². The van der Waals surface area contributed by atoms with Gasteiger partial charge in [-0.25, -0.2) is 0 Å². The summed E-state index contributed by atoms with van der Waals surface area (Å²) in [5.41, 5.74) is -0.704. The molecule has 0 aliphatic heterocycles. The third kappa shape index (κ3) is 2.87. The molecule has 4 heteroatoms. The fraction of sp³-hybridized carbons (Fsp3) is 0.850. The fourth-order valence-electron chi connectivity index (χ4n) is 5.43. The van der Waals surface area contributed by atoms with Gasteiger partial charge < -0.3 is 14.9 Å². The van der Waals surface area contributed by atoms with Crippen LogP contribution >= 0.6 is 0 Å². The van der Waals surface area contributed by atoms with Crippen molar-refractivity contribution in [3.05, 3.63) is 12.2 Å². The number of ether oxygens (including phenoxy) is 1. The van der Waals surface area contributed by atoms with Gasteiger partial charge in [0.1, 0.15) is 5.60 Å². The van der Waals surface area contributed by atoms with E-state index in [1.807, 2.05) is 19.1 Å². The molecular weight excluding hydrogens is 304 g/mol. The molecule has 0 bridgehead atoms. The second-order valence-electron chi connectivity index (χ2n) is 7.96. The molecule has 0 aromatic heterocycles. The summed E-state index contributed by atoms with van der Waals surface area (Å²) in [6.45, 7) is 2.03. The Morgan fingerprint density at radius 2 is 2.00 bits per heavy atom. The molecule has 4 nitrogen and oxygen atoms in total. The number of fused-ring (bicyclic) bond motifs is 1. The predicted molar refractivity (Wildman–Crippen MR) is 92.5 cm³/mol. The van der Waals surface area contributed by atoms with Crippen LogP contribution in [0, 0.1) is 23.7 Å². The van der Waals surface area contributed by atoms with Crippen molar-refractivity contribution in [1.29, 1.82) is 0 Å². The highest BCUT2D eigenvalue weighted by Gasteiger charge is 2.66. The van der Waals surface area contributed by atoms with Crippen LogP contribution in [0.1, 0.15) is 58.3 Å². The van der Waals surface area contributed by atoms with Crippen molar-refractivity contribution in [2.45, 2.75) is 76.1 Å². The molecule has 0 aromatic carbocycles. The minimum atomic E-state index is -0.704. The topological polar surface area (TPSA) is 66.8 Å². The highest BCUT2D eigenvalue weighted by Crippen LogP contribution is 2.55. The molecule has 0 radical (unpaired) electrons. The lowest BCUT2D eigenvalue weighted by Gasteiger charge is -2.58. The molecule has 0 saturated heterocycles. The molecule has 0 amide bonds. The Bertz CT molecular complexity index is 482. The van der Waals surface area contributed by atoms with Crippen molar-refractivity contribution in [3.8, 4) is 0 Å². The van der Waals surface area contributed by atoms with E-state index in [9.17, 15) is 15.0 Å². The molecule has 136 valence electrons. The van der Waals surface area contributed by atoms with E-state index in [1.54, 1.807) is 7.11 Å². The zero-order valence-electron chi connectivity index (χ0n) is 15.0. The van der Waals surface area contributed by atoms with Crippen LogP contribution < -0.4 is 0 Å². The average molecular weight is 336 g/mol. The van der Waals surface area contributed by atoms with Crippen LogP contribution in [0.2, 0.25) is 0 Å². The maximum atomic E-state index is 12.5. The molecule has 0 spiro atoms. The molecule has 3 aliphatic carbocycles. The summed E-state index contributed by atoms with van der Waals surface area (Å²) in [5.74, 6) is 0.461. The largest absolute Gasteiger partial charge is 0.393 e.